The Morgan fingerprint density at radius 3 is 3.09 bits per heavy atom. The Labute approximate surface area is 135 Å². The van der Waals surface area contributed by atoms with Crippen LogP contribution in [0.25, 0.3) is 0 Å². The second-order valence-corrected chi connectivity index (χ2v) is 6.08. The number of nitrogens with zero attached hydrogens (tertiary/aromatic N) is 2. The fourth-order valence-corrected chi connectivity index (χ4v) is 3.62. The molecule has 1 aromatic heterocycles. The highest BCUT2D eigenvalue weighted by molar-refractivity contribution is 5.96. The summed E-state index contributed by atoms with van der Waals surface area (Å²) in [5, 5.41) is 10.3. The molecule has 2 heterocycles. The smallest absolute Gasteiger partial charge is 0.239 e. The van der Waals surface area contributed by atoms with Crippen molar-refractivity contribution in [2.75, 3.05) is 18.4 Å². The summed E-state index contributed by atoms with van der Waals surface area (Å²) in [7, 11) is 0. The van der Waals surface area contributed by atoms with E-state index >= 15 is 0 Å². The van der Waals surface area contributed by atoms with Crippen molar-refractivity contribution in [1.29, 1.82) is 0 Å². The van der Waals surface area contributed by atoms with Crippen LogP contribution in [0.1, 0.15) is 25.7 Å². The molecule has 22 heavy (non-hydrogen) atoms. The average molecular weight is 328 g/mol. The lowest BCUT2D eigenvalue weighted by Gasteiger charge is -2.36. The van der Waals surface area contributed by atoms with Crippen molar-refractivity contribution >= 4 is 29.9 Å². The molecule has 0 radical (unpaired) electrons. The maximum absolute atomic E-state index is 12.7. The number of aromatic nitrogens is 2. The lowest BCUT2D eigenvalue weighted by Crippen LogP contribution is -2.44. The Kier molecular flexibility index (Phi) is 5.08. The van der Waals surface area contributed by atoms with Crippen LogP contribution in [0.4, 0.5) is 5.69 Å². The molecule has 2 fully saturated rings. The Morgan fingerprint density at radius 2 is 2.32 bits per heavy atom. The third-order valence-corrected chi connectivity index (χ3v) is 4.70. The van der Waals surface area contributed by atoms with Crippen LogP contribution in [0.15, 0.2) is 12.4 Å². The molecule has 4 N–H and O–H groups in total. The predicted octanol–water partition coefficient (Wildman–Crippen LogP) is 0.508. The number of rotatable bonds is 4. The van der Waals surface area contributed by atoms with Gasteiger partial charge in [0.15, 0.2) is 0 Å². The first-order valence-electron chi connectivity index (χ1n) is 7.43. The maximum atomic E-state index is 12.7. The number of nitrogens with one attached hydrogen (secondary N) is 2. The number of hydrogen-bond acceptors (Lipinski definition) is 4. The van der Waals surface area contributed by atoms with E-state index in [1.165, 1.54) is 11.1 Å². The normalized spacial score (nSPS) is 26.8. The first-order valence-corrected chi connectivity index (χ1v) is 7.43. The van der Waals surface area contributed by atoms with E-state index in [-0.39, 0.29) is 30.3 Å². The molecule has 0 spiro atoms. The van der Waals surface area contributed by atoms with E-state index in [0.29, 0.717) is 11.6 Å². The molecule has 2 amide bonds. The van der Waals surface area contributed by atoms with Gasteiger partial charge in [-0.1, -0.05) is 12.8 Å². The monoisotopic (exact) mass is 327 g/mol. The third-order valence-electron chi connectivity index (χ3n) is 4.70. The first-order chi connectivity index (χ1) is 10.1. The van der Waals surface area contributed by atoms with E-state index in [0.717, 1.165) is 32.4 Å². The van der Waals surface area contributed by atoms with E-state index in [1.807, 2.05) is 0 Å². The molecular formula is C14H22ClN5O2. The standard InChI is InChI=1S/C14H21N5O2.ClH/c15-12(20)8-19-7-11(6-17-19)18-13(21)14-4-2-1-3-10(14)5-16-9-14;/h6-7,10,16H,1-5,8-9H2,(H2,15,20)(H,18,21);1H/t10-,14+;/m0./s1. The number of carbonyl (C=O) groups is 2. The van der Waals surface area contributed by atoms with E-state index in [9.17, 15) is 9.59 Å². The van der Waals surface area contributed by atoms with Crippen molar-refractivity contribution in [2.24, 2.45) is 17.1 Å². The highest BCUT2D eigenvalue weighted by Gasteiger charge is 2.49. The van der Waals surface area contributed by atoms with Gasteiger partial charge in [-0.05, 0) is 25.3 Å². The van der Waals surface area contributed by atoms with Crippen LogP contribution in [0.2, 0.25) is 0 Å². The molecule has 3 rings (SSSR count). The van der Waals surface area contributed by atoms with Crippen LogP contribution < -0.4 is 16.4 Å². The van der Waals surface area contributed by atoms with Gasteiger partial charge in [-0.25, -0.2) is 0 Å². The molecule has 1 saturated carbocycles. The molecule has 1 aliphatic heterocycles. The molecule has 0 unspecified atom stereocenters. The van der Waals surface area contributed by atoms with Crippen LogP contribution in [0.5, 0.6) is 0 Å². The van der Waals surface area contributed by atoms with Gasteiger partial charge in [-0.2, -0.15) is 5.10 Å². The number of primary amides is 1. The lowest BCUT2D eigenvalue weighted by molar-refractivity contribution is -0.128. The molecule has 1 aromatic rings. The predicted molar refractivity (Wildman–Crippen MR) is 84.6 cm³/mol. The Balaban J connectivity index is 0.00000176. The van der Waals surface area contributed by atoms with E-state index in [4.69, 9.17) is 5.73 Å². The molecule has 2 atom stereocenters. The zero-order valence-electron chi connectivity index (χ0n) is 12.4. The summed E-state index contributed by atoms with van der Waals surface area (Å²) < 4.78 is 1.43. The summed E-state index contributed by atoms with van der Waals surface area (Å²) in [4.78, 5) is 23.6. The van der Waals surface area contributed by atoms with Gasteiger partial charge in [0.05, 0.1) is 17.3 Å². The molecule has 8 heteroatoms. The van der Waals surface area contributed by atoms with Crippen molar-refractivity contribution in [3.8, 4) is 0 Å². The second-order valence-electron chi connectivity index (χ2n) is 6.08. The first kappa shape index (κ1) is 16.8. The van der Waals surface area contributed by atoms with Crippen molar-refractivity contribution < 1.29 is 9.59 Å². The van der Waals surface area contributed by atoms with Gasteiger partial charge in [-0.3, -0.25) is 14.3 Å². The number of halogens is 1. The van der Waals surface area contributed by atoms with Crippen LogP contribution >= 0.6 is 12.4 Å². The fourth-order valence-electron chi connectivity index (χ4n) is 3.62. The summed E-state index contributed by atoms with van der Waals surface area (Å²) in [6.45, 7) is 1.69. The van der Waals surface area contributed by atoms with E-state index in [2.05, 4.69) is 15.7 Å². The van der Waals surface area contributed by atoms with E-state index < -0.39 is 5.91 Å². The second kappa shape index (κ2) is 6.66. The molecule has 7 nitrogen and oxygen atoms in total. The van der Waals surface area contributed by atoms with E-state index in [1.54, 1.807) is 12.4 Å². The Hall–Kier alpha value is -1.60. The molecular weight excluding hydrogens is 306 g/mol. The minimum Gasteiger partial charge on any atom is -0.368 e. The summed E-state index contributed by atoms with van der Waals surface area (Å²) >= 11 is 0. The highest BCUT2D eigenvalue weighted by Crippen LogP contribution is 2.44. The van der Waals surface area contributed by atoms with Gasteiger partial charge >= 0.3 is 0 Å². The van der Waals surface area contributed by atoms with Gasteiger partial charge in [-0.15, -0.1) is 12.4 Å². The fraction of sp³-hybridized carbons (Fsp3) is 0.643. The summed E-state index contributed by atoms with van der Waals surface area (Å²) in [5.74, 6) is 0.0321. The van der Waals surface area contributed by atoms with Crippen LogP contribution in [0, 0.1) is 11.3 Å². The SMILES string of the molecule is Cl.NC(=O)Cn1cc(NC(=O)[C@@]23CCCC[C@H]2CNC3)cn1. The number of fused-ring (bicyclic) bond motifs is 1. The van der Waals surface area contributed by atoms with Gasteiger partial charge in [0.2, 0.25) is 11.8 Å². The quantitative estimate of drug-likeness (QED) is 0.749. The van der Waals surface area contributed by atoms with Crippen LogP contribution in [0.3, 0.4) is 0 Å². The third kappa shape index (κ3) is 3.10. The van der Waals surface area contributed by atoms with Gasteiger partial charge in [0, 0.05) is 12.7 Å². The summed E-state index contributed by atoms with van der Waals surface area (Å²) in [6.07, 6.45) is 7.55. The molecule has 0 bridgehead atoms. The molecule has 0 aromatic carbocycles. The summed E-state index contributed by atoms with van der Waals surface area (Å²) in [6, 6.07) is 0. The van der Waals surface area contributed by atoms with Gasteiger partial charge in [0.1, 0.15) is 6.54 Å². The van der Waals surface area contributed by atoms with Gasteiger partial charge < -0.3 is 16.4 Å². The van der Waals surface area contributed by atoms with Crippen LogP contribution in [-0.2, 0) is 16.1 Å². The Bertz CT molecular complexity index is 561. The number of nitrogens with two attached hydrogens (primary N) is 1. The minimum absolute atomic E-state index is 0. The van der Waals surface area contributed by atoms with Crippen molar-refractivity contribution in [2.45, 2.75) is 32.2 Å². The number of anilines is 1. The molecule has 122 valence electrons. The Morgan fingerprint density at radius 1 is 1.50 bits per heavy atom. The maximum Gasteiger partial charge on any atom is 0.239 e. The van der Waals surface area contributed by atoms with Crippen LogP contribution in [-0.4, -0.2) is 34.7 Å². The number of amides is 2. The average Bonchev–Trinajstić information content (AvgIpc) is 3.05. The van der Waals surface area contributed by atoms with Crippen molar-refractivity contribution in [1.82, 2.24) is 15.1 Å². The zero-order valence-corrected chi connectivity index (χ0v) is 13.2. The zero-order chi connectivity index (χ0) is 14.9. The number of carbonyl (C=O) groups excluding carboxylic acids is 2. The van der Waals surface area contributed by atoms with Crippen molar-refractivity contribution in [3.63, 3.8) is 0 Å². The van der Waals surface area contributed by atoms with Crippen molar-refractivity contribution in [3.05, 3.63) is 12.4 Å². The molecule has 1 saturated heterocycles. The summed E-state index contributed by atoms with van der Waals surface area (Å²) in [5.41, 5.74) is 5.46. The molecule has 1 aliphatic carbocycles. The van der Waals surface area contributed by atoms with Gasteiger partial charge in [0.25, 0.3) is 0 Å². The largest absolute Gasteiger partial charge is 0.368 e. The minimum atomic E-state index is -0.457. The topological polar surface area (TPSA) is 102 Å². The molecule has 2 aliphatic rings. The lowest BCUT2D eigenvalue weighted by atomic mass is 9.67. The number of hydrogen-bond donors (Lipinski definition) is 3. The highest BCUT2D eigenvalue weighted by atomic mass is 35.5.